The van der Waals surface area contributed by atoms with Crippen LogP contribution < -0.4 is 0 Å². The van der Waals surface area contributed by atoms with Gasteiger partial charge >= 0.3 is 11.9 Å². The van der Waals surface area contributed by atoms with E-state index in [1.807, 2.05) is 43.3 Å². The lowest BCUT2D eigenvalue weighted by atomic mass is 9.72. The maximum absolute atomic E-state index is 16.2. The number of ether oxygens (including phenoxy) is 1. The summed E-state index contributed by atoms with van der Waals surface area (Å²) in [6.45, 7) is 6.28. The Bertz CT molecular complexity index is 1060. The molecule has 1 unspecified atom stereocenters. The van der Waals surface area contributed by atoms with Gasteiger partial charge in [0.25, 0.3) is 0 Å². The van der Waals surface area contributed by atoms with Crippen LogP contribution in [-0.2, 0) is 9.53 Å². The summed E-state index contributed by atoms with van der Waals surface area (Å²) in [5.41, 5.74) is 1.33. The number of esters is 1. The smallest absolute Gasteiger partial charge is 0.341 e. The van der Waals surface area contributed by atoms with E-state index < -0.39 is 17.6 Å². The van der Waals surface area contributed by atoms with E-state index in [9.17, 15) is 14.7 Å². The summed E-state index contributed by atoms with van der Waals surface area (Å²) < 4.78 is 21.9. The number of hydrogen-bond donors (Lipinski definition) is 1. The monoisotopic (exact) mass is 566 g/mol. The second kappa shape index (κ2) is 16.7. The van der Waals surface area contributed by atoms with E-state index >= 15 is 4.39 Å². The van der Waals surface area contributed by atoms with Crippen LogP contribution in [0.3, 0.4) is 0 Å². The van der Waals surface area contributed by atoms with Gasteiger partial charge in [-0.3, -0.25) is 0 Å². The molecule has 0 spiro atoms. The number of carbonyl (C=O) groups is 2. The maximum atomic E-state index is 16.2. The number of carbonyl (C=O) groups excluding carboxylic acids is 1. The summed E-state index contributed by atoms with van der Waals surface area (Å²) in [5, 5.41) is 10.0. The number of halogens is 1. The minimum atomic E-state index is -2.19. The summed E-state index contributed by atoms with van der Waals surface area (Å²) in [7, 11) is 0. The van der Waals surface area contributed by atoms with Crippen molar-refractivity contribution in [2.45, 2.75) is 135 Å². The minimum Gasteiger partial charge on any atom is -0.479 e. The maximum Gasteiger partial charge on any atom is 0.341 e. The van der Waals surface area contributed by atoms with Gasteiger partial charge in [0, 0.05) is 5.92 Å². The van der Waals surface area contributed by atoms with Gasteiger partial charge in [-0.25, -0.2) is 14.0 Å². The van der Waals surface area contributed by atoms with Crippen molar-refractivity contribution >= 4 is 11.9 Å². The van der Waals surface area contributed by atoms with E-state index in [0.29, 0.717) is 18.4 Å². The summed E-state index contributed by atoms with van der Waals surface area (Å²) in [4.78, 5) is 24.9. The summed E-state index contributed by atoms with van der Waals surface area (Å²) in [5.74, 6) is -2.14. The molecule has 5 heteroatoms. The highest BCUT2D eigenvalue weighted by Crippen LogP contribution is 2.43. The highest BCUT2D eigenvalue weighted by Gasteiger charge is 2.48. The van der Waals surface area contributed by atoms with Crippen LogP contribution in [0.25, 0.3) is 11.1 Å². The number of unbranched alkanes of at least 4 members (excludes halogenated alkanes) is 5. The van der Waals surface area contributed by atoms with Crippen molar-refractivity contribution in [3.63, 3.8) is 0 Å². The summed E-state index contributed by atoms with van der Waals surface area (Å²) >= 11 is 0. The summed E-state index contributed by atoms with van der Waals surface area (Å²) in [6, 6.07) is 15.6. The van der Waals surface area contributed by atoms with Crippen LogP contribution >= 0.6 is 0 Å². The van der Waals surface area contributed by atoms with E-state index in [1.165, 1.54) is 19.3 Å². The Balaban J connectivity index is 1.69. The molecule has 0 aliphatic heterocycles. The third-order valence-corrected chi connectivity index (χ3v) is 8.92. The normalized spacial score (nSPS) is 17.0. The first-order chi connectivity index (χ1) is 19.8. The van der Waals surface area contributed by atoms with Gasteiger partial charge in [-0.15, -0.1) is 0 Å². The molecule has 0 radical (unpaired) electrons. The fourth-order valence-corrected chi connectivity index (χ4v) is 6.29. The Hall–Kier alpha value is -2.69. The van der Waals surface area contributed by atoms with Gasteiger partial charge in [0.2, 0.25) is 5.67 Å². The van der Waals surface area contributed by atoms with Crippen LogP contribution in [0.5, 0.6) is 0 Å². The van der Waals surface area contributed by atoms with Crippen LogP contribution in [0, 0.1) is 5.92 Å². The number of aliphatic carboxylic acids is 1. The Morgan fingerprint density at radius 3 is 2.00 bits per heavy atom. The first-order valence-corrected chi connectivity index (χ1v) is 16.1. The zero-order valence-corrected chi connectivity index (χ0v) is 25.5. The Morgan fingerprint density at radius 1 is 0.854 bits per heavy atom. The lowest BCUT2D eigenvalue weighted by molar-refractivity contribution is -0.157. The predicted molar refractivity (Wildman–Crippen MR) is 165 cm³/mol. The molecule has 3 atom stereocenters. The molecule has 0 bridgehead atoms. The Labute approximate surface area is 247 Å². The van der Waals surface area contributed by atoms with E-state index in [0.717, 1.165) is 74.5 Å². The van der Waals surface area contributed by atoms with Gasteiger partial charge in [-0.2, -0.15) is 0 Å². The largest absolute Gasteiger partial charge is 0.479 e. The molecule has 0 heterocycles. The lowest BCUT2D eigenvalue weighted by Crippen LogP contribution is -2.44. The second-order valence-electron chi connectivity index (χ2n) is 12.2. The van der Waals surface area contributed by atoms with Crippen LogP contribution in [0.2, 0.25) is 0 Å². The predicted octanol–water partition coefficient (Wildman–Crippen LogP) is 10.3. The van der Waals surface area contributed by atoms with E-state index in [1.54, 1.807) is 12.1 Å². The zero-order valence-electron chi connectivity index (χ0n) is 25.5. The molecule has 1 saturated carbocycles. The van der Waals surface area contributed by atoms with Gasteiger partial charge in [-0.1, -0.05) is 108 Å². The number of rotatable bonds is 17. The number of alkyl halides is 1. The van der Waals surface area contributed by atoms with Gasteiger partial charge in [-0.05, 0) is 80.2 Å². The van der Waals surface area contributed by atoms with Crippen molar-refractivity contribution in [3.8, 4) is 11.1 Å². The molecule has 1 aliphatic rings. The van der Waals surface area contributed by atoms with Crippen LogP contribution in [0.4, 0.5) is 4.39 Å². The molecule has 0 aromatic heterocycles. The van der Waals surface area contributed by atoms with E-state index in [2.05, 4.69) is 13.8 Å². The first kappa shape index (κ1) is 32.8. The third-order valence-electron chi connectivity index (χ3n) is 8.92. The lowest BCUT2D eigenvalue weighted by Gasteiger charge is -2.35. The molecule has 4 nitrogen and oxygen atoms in total. The molecule has 41 heavy (non-hydrogen) atoms. The average molecular weight is 567 g/mol. The molecule has 1 fully saturated rings. The average Bonchev–Trinajstić information content (AvgIpc) is 2.99. The first-order valence-electron chi connectivity index (χ1n) is 16.1. The van der Waals surface area contributed by atoms with Crippen molar-refractivity contribution in [1.29, 1.82) is 0 Å². The molecule has 3 rings (SSSR count). The molecule has 2 aromatic carbocycles. The molecule has 2 aromatic rings. The highest BCUT2D eigenvalue weighted by atomic mass is 19.1. The van der Waals surface area contributed by atoms with Gasteiger partial charge in [0.05, 0.1) is 11.7 Å². The SMILES string of the molecule is CCCCCC[C@@H](C)OC(=O)c1ccc(-c2ccc(C(CCCCC)C[C@@](F)(C(=O)O)C3CCCCC3)cc2)cc1. The third kappa shape index (κ3) is 9.68. The standard InChI is InChI=1S/C36H51FO4/c1-4-6-8-11-14-27(3)41-34(38)31-24-22-29(23-25-31)28-18-20-30(21-19-28)32(15-10-7-5-2)26-36(37,35(39)40)33-16-12-9-13-17-33/h18-25,27,32-33H,4-17,26H2,1-3H3,(H,39,40)/t27-,32?,36+/m1/s1. The molecular weight excluding hydrogens is 515 g/mol. The van der Waals surface area contributed by atoms with Crippen LogP contribution in [0.1, 0.15) is 139 Å². The van der Waals surface area contributed by atoms with E-state index in [4.69, 9.17) is 4.74 Å². The number of hydrogen-bond acceptors (Lipinski definition) is 3. The Morgan fingerprint density at radius 2 is 1.41 bits per heavy atom. The number of benzene rings is 2. The van der Waals surface area contributed by atoms with Crippen LogP contribution in [0.15, 0.2) is 48.5 Å². The summed E-state index contributed by atoms with van der Waals surface area (Å²) in [6.07, 6.45) is 13.5. The second-order valence-corrected chi connectivity index (χ2v) is 12.2. The Kier molecular flexibility index (Phi) is 13.3. The zero-order chi connectivity index (χ0) is 29.7. The van der Waals surface area contributed by atoms with Crippen LogP contribution in [-0.4, -0.2) is 28.8 Å². The molecule has 1 aliphatic carbocycles. The molecule has 1 N–H and O–H groups in total. The number of carboxylic acid groups (broad SMARTS) is 1. The molecule has 0 saturated heterocycles. The van der Waals surface area contributed by atoms with Crippen molar-refractivity contribution in [2.24, 2.45) is 5.92 Å². The van der Waals surface area contributed by atoms with Gasteiger partial charge in [0.1, 0.15) is 0 Å². The van der Waals surface area contributed by atoms with E-state index in [-0.39, 0.29) is 24.4 Å². The number of carboxylic acids is 1. The van der Waals surface area contributed by atoms with Crippen molar-refractivity contribution < 1.29 is 23.8 Å². The van der Waals surface area contributed by atoms with Crippen molar-refractivity contribution in [3.05, 3.63) is 59.7 Å². The van der Waals surface area contributed by atoms with Crippen molar-refractivity contribution in [1.82, 2.24) is 0 Å². The fraction of sp³-hybridized carbons (Fsp3) is 0.611. The van der Waals surface area contributed by atoms with Gasteiger partial charge in [0.15, 0.2) is 0 Å². The quantitative estimate of drug-likeness (QED) is 0.153. The highest BCUT2D eigenvalue weighted by molar-refractivity contribution is 5.90. The minimum absolute atomic E-state index is 0.0316. The molecule has 226 valence electrons. The molecule has 0 amide bonds. The van der Waals surface area contributed by atoms with Gasteiger partial charge < -0.3 is 9.84 Å². The fourth-order valence-electron chi connectivity index (χ4n) is 6.29. The van der Waals surface area contributed by atoms with Crippen molar-refractivity contribution in [2.75, 3.05) is 0 Å². The topological polar surface area (TPSA) is 63.6 Å². The molecular formula is C36H51FO4.